The number of furan rings is 1. The van der Waals surface area contributed by atoms with Gasteiger partial charge in [-0.1, -0.05) is 55.3 Å². The van der Waals surface area contributed by atoms with Crippen molar-refractivity contribution in [2.24, 2.45) is 11.7 Å². The third-order valence-corrected chi connectivity index (χ3v) is 8.06. The molecule has 3 aromatic heterocycles. The molecule has 0 bridgehead atoms. The van der Waals surface area contributed by atoms with Crippen LogP contribution in [0.4, 0.5) is 0 Å². The lowest BCUT2D eigenvalue weighted by atomic mass is 9.99. The first-order valence-electron chi connectivity index (χ1n) is 13.0. The third-order valence-electron chi connectivity index (χ3n) is 6.85. The number of carbonyl (C=O) groups excluding carboxylic acids is 1. The number of hydrogen-bond acceptors (Lipinski definition) is 6. The van der Waals surface area contributed by atoms with Crippen LogP contribution in [0.5, 0.6) is 0 Å². The highest BCUT2D eigenvalue weighted by Crippen LogP contribution is 2.33. The molecule has 202 valence electrons. The zero-order chi connectivity index (χ0) is 27.7. The molecule has 0 radical (unpaired) electrons. The molecule has 0 aliphatic carbocycles. The van der Waals surface area contributed by atoms with Crippen molar-refractivity contribution >= 4 is 50.9 Å². The van der Waals surface area contributed by atoms with Gasteiger partial charge in [0.05, 0.1) is 16.9 Å². The van der Waals surface area contributed by atoms with Gasteiger partial charge in [-0.2, -0.15) is 0 Å². The molecule has 5 aromatic rings. The number of aryl methyl sites for hydroxylation is 1. The molecule has 1 unspecified atom stereocenters. The van der Waals surface area contributed by atoms with E-state index in [0.717, 1.165) is 15.8 Å². The second kappa shape index (κ2) is 11.3. The average molecular weight is 563 g/mol. The van der Waals surface area contributed by atoms with Gasteiger partial charge >= 0.3 is 0 Å². The van der Waals surface area contributed by atoms with Crippen LogP contribution in [0.25, 0.3) is 22.1 Å². The molecule has 0 saturated carbocycles. The summed E-state index contributed by atoms with van der Waals surface area (Å²) in [5, 5.41) is 0.762. The number of nitrogens with zero attached hydrogens (tertiary/aromatic N) is 3. The van der Waals surface area contributed by atoms with Crippen LogP contribution < -0.4 is 11.3 Å². The molecule has 0 saturated heterocycles. The Morgan fingerprint density at radius 2 is 1.87 bits per heavy atom. The lowest BCUT2D eigenvalue weighted by Gasteiger charge is -2.35. The summed E-state index contributed by atoms with van der Waals surface area (Å²) in [7, 11) is 0. The summed E-state index contributed by atoms with van der Waals surface area (Å²) in [6.45, 7) is 7.19. The van der Waals surface area contributed by atoms with E-state index in [4.69, 9.17) is 26.7 Å². The number of nitrogens with two attached hydrogens (primary N) is 1. The fourth-order valence-electron chi connectivity index (χ4n) is 4.95. The largest absolute Gasteiger partial charge is 0.448 e. The first kappa shape index (κ1) is 27.1. The molecule has 3 heterocycles. The van der Waals surface area contributed by atoms with Gasteiger partial charge in [0.25, 0.3) is 11.5 Å². The van der Waals surface area contributed by atoms with Crippen LogP contribution in [0.1, 0.15) is 52.9 Å². The number of carbonyl (C=O) groups is 1. The summed E-state index contributed by atoms with van der Waals surface area (Å²) in [6.07, 6.45) is 0.614. The minimum Gasteiger partial charge on any atom is -0.448 e. The highest BCUT2D eigenvalue weighted by Gasteiger charge is 2.33. The van der Waals surface area contributed by atoms with E-state index in [1.54, 1.807) is 4.57 Å². The van der Waals surface area contributed by atoms with E-state index in [0.29, 0.717) is 46.3 Å². The number of aromatic nitrogens is 2. The summed E-state index contributed by atoms with van der Waals surface area (Å²) in [6, 6.07) is 18.2. The van der Waals surface area contributed by atoms with Gasteiger partial charge in [-0.15, -0.1) is 11.3 Å². The number of fused-ring (bicyclic) bond motifs is 3. The highest BCUT2D eigenvalue weighted by molar-refractivity contribution is 7.16. The Labute approximate surface area is 235 Å². The molecule has 0 aliphatic heterocycles. The molecule has 2 N–H and O–H groups in total. The van der Waals surface area contributed by atoms with Crippen LogP contribution >= 0.6 is 22.9 Å². The molecule has 7 nitrogen and oxygen atoms in total. The topological polar surface area (TPSA) is 94.4 Å². The Bertz CT molecular complexity index is 1690. The van der Waals surface area contributed by atoms with Crippen molar-refractivity contribution in [1.82, 2.24) is 14.5 Å². The molecule has 9 heteroatoms. The second-order valence-corrected chi connectivity index (χ2v) is 11.8. The zero-order valence-corrected chi connectivity index (χ0v) is 23.8. The van der Waals surface area contributed by atoms with Crippen molar-refractivity contribution in [3.63, 3.8) is 0 Å². The van der Waals surface area contributed by atoms with Gasteiger partial charge in [-0.3, -0.25) is 14.2 Å². The predicted molar refractivity (Wildman–Crippen MR) is 158 cm³/mol. The minimum atomic E-state index is -0.494. The SMILES string of the molecule is Cc1ccc(C(=O)N(CCCN)C(c2nc3c(oc4ccccc43)c(=O)n2Cc2ccc(Cl)s2)C(C)C)cc1. The molecule has 1 amide bonds. The van der Waals surface area contributed by atoms with Gasteiger partial charge < -0.3 is 15.1 Å². The van der Waals surface area contributed by atoms with E-state index >= 15 is 0 Å². The van der Waals surface area contributed by atoms with Crippen molar-refractivity contribution in [3.05, 3.63) is 97.2 Å². The molecule has 0 spiro atoms. The number of para-hydroxylation sites is 1. The zero-order valence-electron chi connectivity index (χ0n) is 22.2. The summed E-state index contributed by atoms with van der Waals surface area (Å²) < 4.78 is 8.27. The van der Waals surface area contributed by atoms with Gasteiger partial charge in [-0.25, -0.2) is 4.98 Å². The number of halogens is 1. The summed E-state index contributed by atoms with van der Waals surface area (Å²) in [5.41, 5.74) is 8.55. The van der Waals surface area contributed by atoms with Crippen LogP contribution in [-0.4, -0.2) is 33.4 Å². The van der Waals surface area contributed by atoms with E-state index in [-0.39, 0.29) is 29.5 Å². The number of amides is 1. The van der Waals surface area contributed by atoms with Crippen molar-refractivity contribution in [3.8, 4) is 0 Å². The Balaban J connectivity index is 1.74. The molecular weight excluding hydrogens is 532 g/mol. The Morgan fingerprint density at radius 1 is 1.13 bits per heavy atom. The fourth-order valence-corrected chi connectivity index (χ4v) is 6.03. The van der Waals surface area contributed by atoms with Crippen molar-refractivity contribution < 1.29 is 9.21 Å². The monoisotopic (exact) mass is 562 g/mol. The Morgan fingerprint density at radius 3 is 2.54 bits per heavy atom. The van der Waals surface area contributed by atoms with Crippen LogP contribution in [0.2, 0.25) is 4.34 Å². The minimum absolute atomic E-state index is 0.0575. The smallest absolute Gasteiger partial charge is 0.297 e. The van der Waals surface area contributed by atoms with Crippen LogP contribution in [-0.2, 0) is 6.54 Å². The van der Waals surface area contributed by atoms with Gasteiger partial charge in [-0.05, 0) is 62.2 Å². The second-order valence-electron chi connectivity index (χ2n) is 10.0. The van der Waals surface area contributed by atoms with Gasteiger partial charge in [0, 0.05) is 22.4 Å². The van der Waals surface area contributed by atoms with E-state index < -0.39 is 6.04 Å². The highest BCUT2D eigenvalue weighted by atomic mass is 35.5. The molecular formula is C30H31ClN4O3S. The summed E-state index contributed by atoms with van der Waals surface area (Å²) in [5.74, 6) is 0.327. The maximum atomic E-state index is 14.0. The normalized spacial score (nSPS) is 12.5. The van der Waals surface area contributed by atoms with Crippen molar-refractivity contribution in [2.75, 3.05) is 13.1 Å². The molecule has 2 aromatic carbocycles. The first-order valence-corrected chi connectivity index (χ1v) is 14.2. The quantitative estimate of drug-likeness (QED) is 0.224. The average Bonchev–Trinajstić information content (AvgIpc) is 3.51. The summed E-state index contributed by atoms with van der Waals surface area (Å²) >= 11 is 7.64. The van der Waals surface area contributed by atoms with Gasteiger partial charge in [0.1, 0.15) is 16.9 Å². The predicted octanol–water partition coefficient (Wildman–Crippen LogP) is 6.40. The first-order chi connectivity index (χ1) is 18.8. The number of thiophene rings is 1. The van der Waals surface area contributed by atoms with Crippen molar-refractivity contribution in [2.45, 2.75) is 39.8 Å². The lowest BCUT2D eigenvalue weighted by Crippen LogP contribution is -2.42. The number of benzene rings is 2. The molecule has 5 rings (SSSR count). The van der Waals surface area contributed by atoms with Gasteiger partial charge in [0.2, 0.25) is 5.58 Å². The van der Waals surface area contributed by atoms with Crippen molar-refractivity contribution in [1.29, 1.82) is 0 Å². The third kappa shape index (κ3) is 5.37. The number of rotatable bonds is 9. The molecule has 0 fully saturated rings. The maximum Gasteiger partial charge on any atom is 0.297 e. The lowest BCUT2D eigenvalue weighted by molar-refractivity contribution is 0.0603. The molecule has 1 atom stereocenters. The van der Waals surface area contributed by atoms with Gasteiger partial charge in [0.15, 0.2) is 0 Å². The van der Waals surface area contributed by atoms with E-state index in [9.17, 15) is 9.59 Å². The molecule has 39 heavy (non-hydrogen) atoms. The van der Waals surface area contributed by atoms with Crippen LogP contribution in [0.3, 0.4) is 0 Å². The fraction of sp³-hybridized carbons (Fsp3) is 0.300. The van der Waals surface area contributed by atoms with E-state index in [1.165, 1.54) is 11.3 Å². The Kier molecular flexibility index (Phi) is 7.88. The summed E-state index contributed by atoms with van der Waals surface area (Å²) in [4.78, 5) is 35.9. The maximum absolute atomic E-state index is 14.0. The van der Waals surface area contributed by atoms with Crippen LogP contribution in [0, 0.1) is 12.8 Å². The Hall–Kier alpha value is -3.46. The standard InChI is InChI=1S/C30H31ClN4O3S/c1-18(2)26(34(16-6-15-32)29(36)20-11-9-19(3)10-12-20)28-33-25-22-7-4-5-8-23(22)38-27(25)30(37)35(28)17-21-13-14-24(31)39-21/h4-5,7-14,18,26H,6,15-17,32H2,1-3H3. The van der Waals surface area contributed by atoms with Crippen LogP contribution in [0.15, 0.2) is 69.9 Å². The van der Waals surface area contributed by atoms with E-state index in [1.807, 2.05) is 86.3 Å². The molecule has 0 aliphatic rings. The number of hydrogen-bond donors (Lipinski definition) is 1. The van der Waals surface area contributed by atoms with E-state index in [2.05, 4.69) is 0 Å².